The number of nitrogens with zero attached hydrogens (tertiary/aromatic N) is 4. The van der Waals surface area contributed by atoms with E-state index < -0.39 is 32.9 Å². The third-order valence-electron chi connectivity index (χ3n) is 8.68. The number of nitrogens with one attached hydrogen (secondary N) is 4. The van der Waals surface area contributed by atoms with Crippen molar-refractivity contribution >= 4 is 45.2 Å². The first-order chi connectivity index (χ1) is 22.2. The maximum Gasteiger partial charge on any atom is 0.354 e. The molecule has 2 aliphatic carbocycles. The molecule has 0 radical (unpaired) electrons. The average Bonchev–Trinajstić information content (AvgIpc) is 3.69. The van der Waals surface area contributed by atoms with E-state index in [0.717, 1.165) is 66.3 Å². The zero-order chi connectivity index (χ0) is 34.5. The lowest BCUT2D eigenvalue weighted by Gasteiger charge is -2.20. The van der Waals surface area contributed by atoms with Gasteiger partial charge in [0, 0.05) is 56.0 Å². The molecule has 0 bridgehead atoms. The molecule has 256 valence electrons. The van der Waals surface area contributed by atoms with E-state index in [2.05, 4.69) is 44.5 Å². The van der Waals surface area contributed by atoms with E-state index in [1.54, 1.807) is 0 Å². The fourth-order valence-corrected chi connectivity index (χ4v) is 6.77. The molecule has 0 saturated heterocycles. The summed E-state index contributed by atoms with van der Waals surface area (Å²) in [5, 5.41) is 16.7. The van der Waals surface area contributed by atoms with E-state index in [9.17, 15) is 23.4 Å². The second-order valence-corrected chi connectivity index (χ2v) is 14.3. The van der Waals surface area contributed by atoms with Crippen molar-refractivity contribution in [2.45, 2.75) is 71.6 Å². The van der Waals surface area contributed by atoms with Crippen LogP contribution in [0, 0.1) is 0 Å². The van der Waals surface area contributed by atoms with Crippen molar-refractivity contribution in [3.63, 3.8) is 0 Å². The number of nitrogens with two attached hydrogens (primary N) is 2. The Morgan fingerprint density at radius 2 is 1.79 bits per heavy atom. The molecule has 1 aliphatic heterocycles. The second-order valence-electron chi connectivity index (χ2n) is 12.5. The van der Waals surface area contributed by atoms with Gasteiger partial charge in [-0.2, -0.15) is 0 Å². The average molecular weight is 671 g/mol. The lowest BCUT2D eigenvalue weighted by atomic mass is 9.90. The zero-order valence-corrected chi connectivity index (χ0v) is 28.6. The van der Waals surface area contributed by atoms with Gasteiger partial charge in [-0.1, -0.05) is 20.8 Å². The minimum absolute atomic E-state index is 0.117. The van der Waals surface area contributed by atoms with Crippen LogP contribution in [0.15, 0.2) is 31.6 Å². The first-order valence-electron chi connectivity index (χ1n) is 15.8. The van der Waals surface area contributed by atoms with Gasteiger partial charge in [-0.3, -0.25) is 24.5 Å². The Morgan fingerprint density at radius 3 is 2.45 bits per heavy atom. The number of pyridine rings is 1. The van der Waals surface area contributed by atoms with Crippen LogP contribution in [0.5, 0.6) is 0 Å². The molecule has 1 atom stereocenters. The lowest BCUT2D eigenvalue weighted by molar-refractivity contribution is -0.123. The van der Waals surface area contributed by atoms with Gasteiger partial charge < -0.3 is 27.0 Å². The molecule has 4 rings (SSSR count). The second kappa shape index (κ2) is 14.7. The van der Waals surface area contributed by atoms with Crippen molar-refractivity contribution in [2.24, 2.45) is 20.2 Å². The smallest absolute Gasteiger partial charge is 0.354 e. The minimum Gasteiger partial charge on any atom is -0.390 e. The Labute approximate surface area is 275 Å². The van der Waals surface area contributed by atoms with Gasteiger partial charge in [0.15, 0.2) is 9.92 Å². The molecule has 47 heavy (non-hydrogen) atoms. The highest BCUT2D eigenvalue weighted by Gasteiger charge is 2.36. The maximum absolute atomic E-state index is 13.2. The molecule has 8 N–H and O–H groups in total. The van der Waals surface area contributed by atoms with E-state index in [-0.39, 0.29) is 30.1 Å². The Bertz CT molecular complexity index is 1690. The first kappa shape index (κ1) is 35.7. The number of fused-ring (bicyclic) bond motifs is 2. The number of rotatable bonds is 11. The number of amides is 6. The monoisotopic (exact) mass is 670 g/mol. The van der Waals surface area contributed by atoms with Gasteiger partial charge in [0.1, 0.15) is 10.7 Å². The van der Waals surface area contributed by atoms with Gasteiger partial charge in [0.05, 0.1) is 17.9 Å². The van der Waals surface area contributed by atoms with Crippen LogP contribution in [0.2, 0.25) is 0 Å². The summed E-state index contributed by atoms with van der Waals surface area (Å²) in [5.74, 6) is -0.860. The number of aryl methyl sites for hydroxylation is 1. The third-order valence-corrected chi connectivity index (χ3v) is 9.91. The van der Waals surface area contributed by atoms with Gasteiger partial charge in [-0.25, -0.2) is 18.9 Å². The maximum atomic E-state index is 13.2. The highest BCUT2D eigenvalue weighted by molar-refractivity contribution is 7.95. The molecular weight excluding hydrogens is 624 g/mol. The van der Waals surface area contributed by atoms with Gasteiger partial charge in [-0.15, -0.1) is 4.36 Å². The van der Waals surface area contributed by atoms with Gasteiger partial charge in [0.2, 0.25) is 0 Å². The summed E-state index contributed by atoms with van der Waals surface area (Å²) in [4.78, 5) is 60.3. The summed E-state index contributed by atoms with van der Waals surface area (Å²) in [5.41, 5.74) is 11.8. The normalized spacial score (nSPS) is 18.5. The molecule has 0 saturated carbocycles. The Kier molecular flexibility index (Phi) is 11.2. The zero-order valence-electron chi connectivity index (χ0n) is 27.7. The molecule has 15 nitrogen and oxygen atoms in total. The van der Waals surface area contributed by atoms with Crippen molar-refractivity contribution in [2.75, 3.05) is 45.1 Å². The third kappa shape index (κ3) is 8.05. The summed E-state index contributed by atoms with van der Waals surface area (Å²) in [7, 11) is -2.52. The molecule has 2 heterocycles. The van der Waals surface area contributed by atoms with Crippen LogP contribution in [0.4, 0.5) is 15.3 Å². The van der Waals surface area contributed by atoms with Crippen molar-refractivity contribution in [3.8, 4) is 0 Å². The van der Waals surface area contributed by atoms with Crippen LogP contribution >= 0.6 is 0 Å². The van der Waals surface area contributed by atoms with E-state index in [1.165, 1.54) is 11.9 Å². The summed E-state index contributed by atoms with van der Waals surface area (Å²) >= 11 is 0. The summed E-state index contributed by atoms with van der Waals surface area (Å²) in [6.45, 7) is 9.53. The molecule has 0 fully saturated rings. The van der Waals surface area contributed by atoms with E-state index in [1.807, 2.05) is 13.8 Å². The van der Waals surface area contributed by atoms with Crippen LogP contribution in [-0.2, 0) is 44.2 Å². The largest absolute Gasteiger partial charge is 0.390 e. The molecule has 1 aromatic heterocycles. The molecule has 0 aromatic carbocycles. The molecule has 0 spiro atoms. The van der Waals surface area contributed by atoms with Gasteiger partial charge in [-0.05, 0) is 62.1 Å². The van der Waals surface area contributed by atoms with Crippen molar-refractivity contribution < 1.29 is 23.4 Å². The SMILES string of the molecule is CCC1=C(C)CN(C(=O)NCCNCCNC(=O)C(C=C(N)S(N)(=O)=NC(=O)Nc2c3c(nc4c2CCC4(C)C)CCC3)=NC)C1=O. The number of carbonyl (C=O) groups is 4. The highest BCUT2D eigenvalue weighted by Crippen LogP contribution is 2.44. The molecule has 3 aliphatic rings. The van der Waals surface area contributed by atoms with Crippen molar-refractivity contribution in [1.29, 1.82) is 0 Å². The first-order valence-corrected chi connectivity index (χ1v) is 17.4. The van der Waals surface area contributed by atoms with Crippen LogP contribution in [0.1, 0.15) is 69.5 Å². The van der Waals surface area contributed by atoms with Gasteiger partial charge in [0.25, 0.3) is 11.8 Å². The fourth-order valence-electron chi connectivity index (χ4n) is 6.09. The van der Waals surface area contributed by atoms with Crippen LogP contribution in [0.25, 0.3) is 0 Å². The van der Waals surface area contributed by atoms with Crippen LogP contribution in [-0.4, -0.2) is 83.5 Å². The topological polar surface area (TPSA) is 226 Å². The fraction of sp³-hybridized carbons (Fsp3) is 0.548. The standard InChI is InChI=1S/C31H46N10O5S/c1-6-19-18(2)17-41(28(19)43)30(45)37-15-13-35-12-14-36-27(42)23(34-5)16-24(32)47(33,46)40-29(44)39-25-20-8-7-9-22(20)38-26-21(25)10-11-31(26,3)4/h16,35H,6-15,17,32H2,1-5H3,(H,36,42)(H,37,45)(H3,33,38,39,40,44,46). The molecular formula is C31H46N10O5S. The molecule has 1 unspecified atom stereocenters. The summed E-state index contributed by atoms with van der Waals surface area (Å²) in [6, 6.07) is -1.34. The number of carbonyl (C=O) groups excluding carboxylic acids is 4. The Hall–Kier alpha value is -4.15. The van der Waals surface area contributed by atoms with Crippen LogP contribution in [0.3, 0.4) is 0 Å². The predicted molar refractivity (Wildman–Crippen MR) is 181 cm³/mol. The predicted octanol–water partition coefficient (Wildman–Crippen LogP) is 1.52. The van der Waals surface area contributed by atoms with E-state index in [4.69, 9.17) is 15.9 Å². The van der Waals surface area contributed by atoms with E-state index >= 15 is 0 Å². The molecule has 6 amide bonds. The summed E-state index contributed by atoms with van der Waals surface area (Å²) in [6.07, 6.45) is 5.83. The van der Waals surface area contributed by atoms with Crippen LogP contribution < -0.4 is 32.1 Å². The Balaban J connectivity index is 1.27. The lowest BCUT2D eigenvalue weighted by Crippen LogP contribution is -2.44. The van der Waals surface area contributed by atoms with Crippen molar-refractivity contribution in [1.82, 2.24) is 25.8 Å². The number of hydrogen-bond acceptors (Lipinski definition) is 9. The quantitative estimate of drug-likeness (QED) is 0.149. The number of aliphatic imine (C=N–C) groups is 1. The Morgan fingerprint density at radius 1 is 1.09 bits per heavy atom. The highest BCUT2D eigenvalue weighted by atomic mass is 32.2. The van der Waals surface area contributed by atoms with Gasteiger partial charge >= 0.3 is 12.1 Å². The number of aromatic nitrogens is 1. The number of hydrogen-bond donors (Lipinski definition) is 6. The van der Waals surface area contributed by atoms with E-state index in [0.29, 0.717) is 37.3 Å². The molecule has 16 heteroatoms. The number of anilines is 1. The number of urea groups is 2. The summed E-state index contributed by atoms with van der Waals surface area (Å²) < 4.78 is 16.9. The minimum atomic E-state index is -3.88. The van der Waals surface area contributed by atoms with Crippen molar-refractivity contribution in [3.05, 3.63) is 44.8 Å². The number of imide groups is 1. The molecule has 1 aromatic rings.